The number of rotatable bonds is 20. The topological polar surface area (TPSA) is 241 Å². The van der Waals surface area contributed by atoms with E-state index in [1.54, 1.807) is 0 Å². The van der Waals surface area contributed by atoms with Crippen LogP contribution >= 0.6 is 23.2 Å². The highest BCUT2D eigenvalue weighted by molar-refractivity contribution is 7.89. The van der Waals surface area contributed by atoms with Crippen molar-refractivity contribution in [2.45, 2.75) is 35.7 Å². The average molecular weight is 854 g/mol. The van der Waals surface area contributed by atoms with Gasteiger partial charge in [-0.3, -0.25) is 19.2 Å². The van der Waals surface area contributed by atoms with E-state index in [0.29, 0.717) is 13.1 Å². The van der Waals surface area contributed by atoms with Crippen LogP contribution in [0.1, 0.15) is 13.8 Å². The molecule has 2 unspecified atom stereocenters. The van der Waals surface area contributed by atoms with Crippen LogP contribution in [0.5, 0.6) is 0 Å². The van der Waals surface area contributed by atoms with Gasteiger partial charge in [-0.1, -0.05) is 23.2 Å². The third kappa shape index (κ3) is 13.9. The highest BCUT2D eigenvalue weighted by Gasteiger charge is 2.27. The number of hydrogen-bond acceptors (Lipinski definition) is 14. The first-order chi connectivity index (χ1) is 26.2. The molecule has 3 aromatic carbocycles. The summed E-state index contributed by atoms with van der Waals surface area (Å²) in [4.78, 5) is 54.5. The van der Waals surface area contributed by atoms with E-state index in [4.69, 9.17) is 23.2 Å². The minimum atomic E-state index is -3.77. The first-order valence-electron chi connectivity index (χ1n) is 16.6. The molecule has 0 spiro atoms. The normalized spacial score (nSPS) is 13.3. The van der Waals surface area contributed by atoms with E-state index in [1.165, 1.54) is 60.7 Å². The zero-order valence-electron chi connectivity index (χ0n) is 31.3. The molecule has 0 aliphatic heterocycles. The van der Waals surface area contributed by atoms with Gasteiger partial charge in [-0.15, -0.1) is 0 Å². The second kappa shape index (κ2) is 20.6. The van der Waals surface area contributed by atoms with Crippen LogP contribution in [0.3, 0.4) is 0 Å². The predicted octanol–water partition coefficient (Wildman–Crippen LogP) is 4.03. The van der Waals surface area contributed by atoms with Gasteiger partial charge in [0.25, 0.3) is 11.8 Å². The number of halogens is 2. The van der Waals surface area contributed by atoms with Gasteiger partial charge in [0.15, 0.2) is 11.6 Å². The van der Waals surface area contributed by atoms with E-state index in [2.05, 4.69) is 40.5 Å². The number of likely N-dealkylation sites (N-methyl/N-ethyl adjacent to an activating group) is 2. The van der Waals surface area contributed by atoms with Crippen LogP contribution in [-0.2, 0) is 39.2 Å². The SMILES string of the molecule is CC(=O)C(N=Nc1ccc(S(=O)(=O)NCCN(C)C)cc1)C(=O)Nc1cc(Cl)c(NC(=O)C(N=Nc2ccc(S(=O)(=O)NCCN(C)C)cc2)C(C)=O)cc1Cl. The predicted molar refractivity (Wildman–Crippen MR) is 212 cm³/mol. The summed E-state index contributed by atoms with van der Waals surface area (Å²) in [6.07, 6.45) is 0. The lowest BCUT2D eigenvalue weighted by Crippen LogP contribution is -2.32. The van der Waals surface area contributed by atoms with Gasteiger partial charge >= 0.3 is 0 Å². The Bertz CT molecular complexity index is 2030. The number of carbonyl (C=O) groups is 4. The molecule has 22 heteroatoms. The number of benzene rings is 3. The minimum Gasteiger partial charge on any atom is -0.322 e. The Balaban J connectivity index is 1.68. The number of hydrogen-bond donors (Lipinski definition) is 4. The van der Waals surface area contributed by atoms with E-state index < -0.39 is 55.5 Å². The third-order valence-corrected chi connectivity index (χ3v) is 11.0. The first-order valence-corrected chi connectivity index (χ1v) is 20.3. The van der Waals surface area contributed by atoms with E-state index in [-0.39, 0.29) is 55.7 Å². The molecule has 2 atom stereocenters. The van der Waals surface area contributed by atoms with Gasteiger partial charge in [0.1, 0.15) is 0 Å². The number of amides is 2. The maximum atomic E-state index is 13.1. The number of azo groups is 2. The fourth-order valence-electron chi connectivity index (χ4n) is 4.38. The van der Waals surface area contributed by atoms with Crippen molar-refractivity contribution in [2.75, 3.05) is 65.0 Å². The van der Waals surface area contributed by atoms with Crippen molar-refractivity contribution >= 4 is 89.4 Å². The van der Waals surface area contributed by atoms with Crippen molar-refractivity contribution in [3.63, 3.8) is 0 Å². The number of anilines is 2. The molecule has 0 aliphatic carbocycles. The Kier molecular flexibility index (Phi) is 16.8. The van der Waals surface area contributed by atoms with Crippen LogP contribution in [0, 0.1) is 0 Å². The Morgan fingerprint density at radius 1 is 0.607 bits per heavy atom. The molecule has 0 fully saturated rings. The van der Waals surface area contributed by atoms with Gasteiger partial charge in [0.05, 0.1) is 42.6 Å². The van der Waals surface area contributed by atoms with Gasteiger partial charge < -0.3 is 20.4 Å². The Morgan fingerprint density at radius 3 is 1.21 bits per heavy atom. The van der Waals surface area contributed by atoms with Crippen molar-refractivity contribution in [1.82, 2.24) is 19.2 Å². The van der Waals surface area contributed by atoms with Crippen molar-refractivity contribution in [2.24, 2.45) is 20.5 Å². The fourth-order valence-corrected chi connectivity index (χ4v) is 6.85. The molecule has 0 radical (unpaired) electrons. The summed E-state index contributed by atoms with van der Waals surface area (Å²) in [7, 11) is -0.294. The molecule has 0 aromatic heterocycles. The largest absolute Gasteiger partial charge is 0.322 e. The van der Waals surface area contributed by atoms with Crippen LogP contribution < -0.4 is 20.1 Å². The van der Waals surface area contributed by atoms with Crippen LogP contribution in [0.4, 0.5) is 22.7 Å². The molecule has 3 aromatic rings. The molecule has 302 valence electrons. The fraction of sp³-hybridized carbons (Fsp3) is 0.353. The van der Waals surface area contributed by atoms with E-state index >= 15 is 0 Å². The monoisotopic (exact) mass is 852 g/mol. The maximum Gasteiger partial charge on any atom is 0.258 e. The summed E-state index contributed by atoms with van der Waals surface area (Å²) in [5, 5.41) is 20.2. The highest BCUT2D eigenvalue weighted by Crippen LogP contribution is 2.33. The van der Waals surface area contributed by atoms with Gasteiger partial charge in [-0.2, -0.15) is 20.5 Å². The van der Waals surface area contributed by atoms with E-state index in [1.807, 2.05) is 38.0 Å². The van der Waals surface area contributed by atoms with Crippen molar-refractivity contribution in [1.29, 1.82) is 0 Å². The molecule has 0 heterocycles. The lowest BCUT2D eigenvalue weighted by atomic mass is 10.2. The molecule has 0 bridgehead atoms. The summed E-state index contributed by atoms with van der Waals surface area (Å²) in [6, 6.07) is 9.83. The molecular weight excluding hydrogens is 811 g/mol. The number of nitrogens with one attached hydrogen (secondary N) is 4. The quantitative estimate of drug-likeness (QED) is 0.0940. The van der Waals surface area contributed by atoms with Crippen molar-refractivity contribution in [3.8, 4) is 0 Å². The van der Waals surface area contributed by atoms with Crippen LogP contribution in [-0.4, -0.2) is 116 Å². The molecule has 0 saturated heterocycles. The molecule has 56 heavy (non-hydrogen) atoms. The molecule has 18 nitrogen and oxygen atoms in total. The van der Waals surface area contributed by atoms with Gasteiger partial charge in [-0.05, 0) is 103 Å². The van der Waals surface area contributed by atoms with Crippen molar-refractivity contribution in [3.05, 3.63) is 70.7 Å². The molecule has 2 amide bonds. The number of ketones is 2. The number of sulfonamides is 2. The van der Waals surface area contributed by atoms with Crippen molar-refractivity contribution < 1.29 is 36.0 Å². The summed E-state index contributed by atoms with van der Waals surface area (Å²) in [5.74, 6) is -3.16. The Labute approximate surface area is 335 Å². The van der Waals surface area contributed by atoms with Crippen LogP contribution in [0.25, 0.3) is 0 Å². The molecule has 3 rings (SSSR count). The average Bonchev–Trinajstić information content (AvgIpc) is 3.10. The second-order valence-corrected chi connectivity index (χ2v) is 17.0. The molecular formula is C34H42Cl2N10O8S2. The van der Waals surface area contributed by atoms with Gasteiger partial charge in [0.2, 0.25) is 32.1 Å². The zero-order valence-corrected chi connectivity index (χ0v) is 34.4. The lowest BCUT2D eigenvalue weighted by Gasteiger charge is -2.15. The van der Waals surface area contributed by atoms with Crippen LogP contribution in [0.2, 0.25) is 10.0 Å². The zero-order chi connectivity index (χ0) is 41.8. The maximum absolute atomic E-state index is 13.1. The minimum absolute atomic E-state index is 0.00882. The second-order valence-electron chi connectivity index (χ2n) is 12.6. The summed E-state index contributed by atoms with van der Waals surface area (Å²) < 4.78 is 55.0. The molecule has 4 N–H and O–H groups in total. The number of Topliss-reactive ketones (excluding diaryl/α,β-unsaturated/α-hetero) is 2. The summed E-state index contributed by atoms with van der Waals surface area (Å²) in [5.41, 5.74) is 0.263. The van der Waals surface area contributed by atoms with E-state index in [0.717, 1.165) is 13.8 Å². The summed E-state index contributed by atoms with van der Waals surface area (Å²) in [6.45, 7) is 3.67. The standard InChI is InChI=1S/C34H42Cl2N10O8S2/c1-21(47)31(43-41-23-7-11-25(12-8-23)55(51,52)37-15-17-45(3)4)33(49)39-29-19-28(36)30(20-27(29)35)40-34(50)32(22(2)48)44-42-24-9-13-26(14-10-24)56(53,54)38-16-18-46(5)6/h7-14,19-20,31-32,37-38H,15-18H2,1-6H3,(H,39,49)(H,40,50). The lowest BCUT2D eigenvalue weighted by molar-refractivity contribution is -0.127. The van der Waals surface area contributed by atoms with Gasteiger partial charge in [0, 0.05) is 26.2 Å². The smallest absolute Gasteiger partial charge is 0.258 e. The van der Waals surface area contributed by atoms with Gasteiger partial charge in [-0.25, -0.2) is 26.3 Å². The third-order valence-electron chi connectivity index (χ3n) is 7.41. The molecule has 0 saturated carbocycles. The Morgan fingerprint density at radius 2 is 0.929 bits per heavy atom. The van der Waals surface area contributed by atoms with E-state index in [9.17, 15) is 36.0 Å². The first kappa shape index (κ1) is 45.8. The number of nitrogens with zero attached hydrogens (tertiary/aromatic N) is 6. The molecule has 0 aliphatic rings. The van der Waals surface area contributed by atoms with Crippen LogP contribution in [0.15, 0.2) is 90.9 Å². The number of carbonyl (C=O) groups excluding carboxylic acids is 4. The summed E-state index contributed by atoms with van der Waals surface area (Å²) >= 11 is 12.8. The highest BCUT2D eigenvalue weighted by atomic mass is 35.5. The Hall–Kier alpha value is -4.54.